The smallest absolute Gasteiger partial charge is 0.293 e. The number of nitrogens with zero attached hydrogens (tertiary/aromatic N) is 3. The Hall–Kier alpha value is -3.43. The van der Waals surface area contributed by atoms with Gasteiger partial charge in [-0.1, -0.05) is 24.3 Å². The molecule has 1 aliphatic rings. The van der Waals surface area contributed by atoms with Crippen molar-refractivity contribution >= 4 is 50.9 Å². The predicted molar refractivity (Wildman–Crippen MR) is 127 cm³/mol. The van der Waals surface area contributed by atoms with Crippen molar-refractivity contribution in [1.82, 2.24) is 4.98 Å². The van der Waals surface area contributed by atoms with E-state index in [0.717, 1.165) is 32.0 Å². The minimum atomic E-state index is -0.195. The lowest BCUT2D eigenvalue weighted by molar-refractivity contribution is -0.128. The number of aromatic nitrogens is 1. The maximum absolute atomic E-state index is 10.6. The monoisotopic (exact) mass is 429 g/mol. The van der Waals surface area contributed by atoms with Crippen molar-refractivity contribution < 1.29 is 9.53 Å². The zero-order chi connectivity index (χ0) is 22.0. The van der Waals surface area contributed by atoms with E-state index in [4.69, 9.17) is 4.74 Å². The first-order valence-electron chi connectivity index (χ1n) is 10.1. The quantitative estimate of drug-likeness (QED) is 0.293. The third-order valence-corrected chi connectivity index (χ3v) is 6.53. The summed E-state index contributed by atoms with van der Waals surface area (Å²) >= 11 is 1.53. The number of para-hydroxylation sites is 1. The lowest BCUT2D eigenvalue weighted by atomic mass is 9.88. The minimum Gasteiger partial charge on any atom is -0.466 e. The lowest BCUT2D eigenvalue weighted by Gasteiger charge is -2.43. The van der Waals surface area contributed by atoms with E-state index in [2.05, 4.69) is 54.9 Å². The molecule has 1 aliphatic heterocycles. The molecular formula is C25H23N3O2S. The van der Waals surface area contributed by atoms with Crippen LogP contribution in [0.1, 0.15) is 36.9 Å². The molecule has 4 rings (SSSR count). The molecule has 0 atom stereocenters. The van der Waals surface area contributed by atoms with Crippen molar-refractivity contribution in [1.29, 1.82) is 5.26 Å². The number of hydrogen-bond donors (Lipinski definition) is 0. The third-order valence-electron chi connectivity index (χ3n) is 5.46. The molecule has 5 nitrogen and oxygen atoms in total. The van der Waals surface area contributed by atoms with Gasteiger partial charge in [-0.05, 0) is 62.2 Å². The molecule has 0 unspecified atom stereocenters. The van der Waals surface area contributed by atoms with Crippen LogP contribution in [0.15, 0.2) is 48.5 Å². The third kappa shape index (κ3) is 4.10. The number of fused-ring (bicyclic) bond motifs is 2. The standard InChI is InChI=1S/C25H23N3O2S/c1-17-14-25(2,3)28(10-11-30-16-29)22-9-8-18(13-20(17)22)12-19(15-26)24-27-21-6-4-5-7-23(21)31-24/h4-9,12-14,16H,10-11H2,1-3H3/b19-12+. The maximum atomic E-state index is 10.6. The molecule has 0 spiro atoms. The Morgan fingerprint density at radius 1 is 1.29 bits per heavy atom. The van der Waals surface area contributed by atoms with Crippen molar-refractivity contribution in [2.45, 2.75) is 26.3 Å². The lowest BCUT2D eigenvalue weighted by Crippen LogP contribution is -2.46. The van der Waals surface area contributed by atoms with Crippen molar-refractivity contribution in [3.8, 4) is 6.07 Å². The fourth-order valence-corrected chi connectivity index (χ4v) is 5.02. The highest BCUT2D eigenvalue weighted by atomic mass is 32.1. The number of carbonyl (C=O) groups is 1. The fourth-order valence-electron chi connectivity index (χ4n) is 4.09. The van der Waals surface area contributed by atoms with E-state index in [1.165, 1.54) is 16.9 Å². The van der Waals surface area contributed by atoms with E-state index < -0.39 is 0 Å². The van der Waals surface area contributed by atoms with Crippen LogP contribution >= 0.6 is 11.3 Å². The summed E-state index contributed by atoms with van der Waals surface area (Å²) in [5.41, 5.74) is 5.60. The molecule has 31 heavy (non-hydrogen) atoms. The van der Waals surface area contributed by atoms with Gasteiger partial charge in [0.25, 0.3) is 6.47 Å². The average molecular weight is 430 g/mol. The van der Waals surface area contributed by atoms with Crippen LogP contribution in [0.4, 0.5) is 5.69 Å². The Morgan fingerprint density at radius 2 is 2.10 bits per heavy atom. The highest BCUT2D eigenvalue weighted by Crippen LogP contribution is 2.39. The summed E-state index contributed by atoms with van der Waals surface area (Å²) in [6.07, 6.45) is 4.12. The first-order valence-corrected chi connectivity index (χ1v) is 10.9. The molecule has 0 amide bonds. The van der Waals surface area contributed by atoms with E-state index in [1.54, 1.807) is 0 Å². The van der Waals surface area contributed by atoms with E-state index in [1.807, 2.05) is 36.4 Å². The van der Waals surface area contributed by atoms with Crippen LogP contribution in [-0.2, 0) is 9.53 Å². The number of nitriles is 1. The second kappa shape index (κ2) is 8.37. The first-order chi connectivity index (χ1) is 14.9. The summed E-state index contributed by atoms with van der Waals surface area (Å²) in [4.78, 5) is 17.4. The van der Waals surface area contributed by atoms with Gasteiger partial charge in [0, 0.05) is 11.3 Å². The van der Waals surface area contributed by atoms with Crippen LogP contribution in [-0.4, -0.2) is 30.1 Å². The van der Waals surface area contributed by atoms with E-state index >= 15 is 0 Å². The normalized spacial score (nSPS) is 15.2. The van der Waals surface area contributed by atoms with Gasteiger partial charge in [0.1, 0.15) is 17.7 Å². The van der Waals surface area contributed by atoms with Gasteiger partial charge in [0.2, 0.25) is 0 Å². The molecule has 2 aromatic carbocycles. The maximum Gasteiger partial charge on any atom is 0.293 e. The Morgan fingerprint density at radius 3 is 2.84 bits per heavy atom. The SMILES string of the molecule is CC1=CC(C)(C)N(CCOC=O)c2ccc(/C=C(\C#N)c3nc4ccccc4s3)cc21. The second-order valence-corrected chi connectivity index (χ2v) is 9.06. The Bertz CT molecular complexity index is 1210. The molecule has 0 bridgehead atoms. The van der Waals surface area contributed by atoms with Crippen LogP contribution in [0.3, 0.4) is 0 Å². The average Bonchev–Trinajstić information content (AvgIpc) is 3.18. The zero-order valence-electron chi connectivity index (χ0n) is 17.8. The van der Waals surface area contributed by atoms with Gasteiger partial charge < -0.3 is 9.64 Å². The number of allylic oxidation sites excluding steroid dienone is 2. The molecule has 2 heterocycles. The highest BCUT2D eigenvalue weighted by molar-refractivity contribution is 7.19. The summed E-state index contributed by atoms with van der Waals surface area (Å²) in [5.74, 6) is 0. The van der Waals surface area contributed by atoms with Crippen molar-refractivity contribution in [3.05, 3.63) is 64.7 Å². The van der Waals surface area contributed by atoms with Gasteiger partial charge >= 0.3 is 0 Å². The number of ether oxygens (including phenoxy) is 1. The first kappa shape index (κ1) is 20.8. The number of hydrogen-bond acceptors (Lipinski definition) is 6. The van der Waals surface area contributed by atoms with Gasteiger partial charge in [-0.2, -0.15) is 5.26 Å². The number of benzene rings is 2. The summed E-state index contributed by atoms with van der Waals surface area (Å²) in [6.45, 7) is 7.82. The molecule has 156 valence electrons. The second-order valence-electron chi connectivity index (χ2n) is 8.03. The summed E-state index contributed by atoms with van der Waals surface area (Å²) in [7, 11) is 0. The highest BCUT2D eigenvalue weighted by Gasteiger charge is 2.31. The number of thiazole rings is 1. The molecule has 0 fully saturated rings. The van der Waals surface area contributed by atoms with Gasteiger partial charge in [-0.3, -0.25) is 4.79 Å². The van der Waals surface area contributed by atoms with Gasteiger partial charge in [-0.15, -0.1) is 11.3 Å². The molecular weight excluding hydrogens is 406 g/mol. The van der Waals surface area contributed by atoms with E-state index in [0.29, 0.717) is 25.2 Å². The molecule has 0 aliphatic carbocycles. The largest absolute Gasteiger partial charge is 0.466 e. The van der Waals surface area contributed by atoms with Gasteiger partial charge in [-0.25, -0.2) is 4.98 Å². The minimum absolute atomic E-state index is 0.195. The summed E-state index contributed by atoms with van der Waals surface area (Å²) in [5, 5.41) is 10.5. The summed E-state index contributed by atoms with van der Waals surface area (Å²) in [6, 6.07) is 16.4. The Kier molecular flexibility index (Phi) is 5.62. The summed E-state index contributed by atoms with van der Waals surface area (Å²) < 4.78 is 6.01. The van der Waals surface area contributed by atoms with E-state index in [-0.39, 0.29) is 5.54 Å². The van der Waals surface area contributed by atoms with Crippen LogP contribution in [0.5, 0.6) is 0 Å². The van der Waals surface area contributed by atoms with Crippen molar-refractivity contribution in [3.63, 3.8) is 0 Å². The number of carbonyl (C=O) groups excluding carboxylic acids is 1. The fraction of sp³-hybridized carbons (Fsp3) is 0.240. The molecule has 6 heteroatoms. The van der Waals surface area contributed by atoms with Crippen LogP contribution in [0, 0.1) is 11.3 Å². The van der Waals surface area contributed by atoms with Crippen molar-refractivity contribution in [2.24, 2.45) is 0 Å². The molecule has 0 saturated carbocycles. The number of anilines is 1. The molecule has 0 saturated heterocycles. The predicted octanol–water partition coefficient (Wildman–Crippen LogP) is 5.54. The van der Waals surface area contributed by atoms with Crippen LogP contribution < -0.4 is 4.90 Å². The Balaban J connectivity index is 1.72. The van der Waals surface area contributed by atoms with Crippen LogP contribution in [0.25, 0.3) is 27.4 Å². The van der Waals surface area contributed by atoms with Crippen LogP contribution in [0.2, 0.25) is 0 Å². The Labute approximate surface area is 185 Å². The number of rotatable bonds is 6. The van der Waals surface area contributed by atoms with E-state index in [9.17, 15) is 10.1 Å². The molecule has 3 aromatic rings. The molecule has 0 N–H and O–H groups in total. The molecule has 1 aromatic heterocycles. The zero-order valence-corrected chi connectivity index (χ0v) is 18.6. The topological polar surface area (TPSA) is 66.2 Å². The van der Waals surface area contributed by atoms with Crippen molar-refractivity contribution in [2.75, 3.05) is 18.1 Å². The molecule has 0 radical (unpaired) electrons. The van der Waals surface area contributed by atoms with Gasteiger partial charge in [0.05, 0.1) is 27.9 Å². The van der Waals surface area contributed by atoms with Gasteiger partial charge in [0.15, 0.2) is 0 Å².